The van der Waals surface area contributed by atoms with E-state index in [4.69, 9.17) is 17.3 Å². The molecule has 2 heterocycles. The van der Waals surface area contributed by atoms with Gasteiger partial charge in [-0.2, -0.15) is 0 Å². The van der Waals surface area contributed by atoms with E-state index in [-0.39, 0.29) is 0 Å². The predicted octanol–water partition coefficient (Wildman–Crippen LogP) is 3.32. The van der Waals surface area contributed by atoms with Crippen molar-refractivity contribution < 1.29 is 0 Å². The number of aromatic nitrogens is 1. The number of anilines is 2. The molecule has 0 saturated carbocycles. The molecule has 2 rings (SSSR count). The topological polar surface area (TPSA) is 42.2 Å². The molecule has 0 aliphatic carbocycles. The summed E-state index contributed by atoms with van der Waals surface area (Å²) in [7, 11) is 1.97. The van der Waals surface area contributed by atoms with Crippen LogP contribution in [0.5, 0.6) is 0 Å². The number of hydrogen-bond acceptors (Lipinski definition) is 4. The smallest absolute Gasteiger partial charge is 0.151 e. The normalized spacial score (nSPS) is 10.5. The number of rotatable bonds is 3. The van der Waals surface area contributed by atoms with Gasteiger partial charge in [0.05, 0.1) is 16.6 Å². The maximum absolute atomic E-state index is 5.95. The van der Waals surface area contributed by atoms with Crippen LogP contribution in [0.15, 0.2) is 24.4 Å². The Labute approximate surface area is 110 Å². The predicted molar refractivity (Wildman–Crippen MR) is 74.8 cm³/mol. The SMILES string of the molecule is Cc1cnc(N(C)Cc2ccc(Cl)s2)c(N)c1. The first-order chi connectivity index (χ1) is 8.06. The molecule has 0 unspecified atom stereocenters. The van der Waals surface area contributed by atoms with Gasteiger partial charge < -0.3 is 10.6 Å². The van der Waals surface area contributed by atoms with Gasteiger partial charge >= 0.3 is 0 Å². The van der Waals surface area contributed by atoms with E-state index in [0.29, 0.717) is 5.69 Å². The van der Waals surface area contributed by atoms with Crippen LogP contribution in [0.4, 0.5) is 11.5 Å². The number of nitrogens with two attached hydrogens (primary N) is 1. The minimum atomic E-state index is 0.704. The van der Waals surface area contributed by atoms with Gasteiger partial charge in [-0.3, -0.25) is 0 Å². The Kier molecular flexibility index (Phi) is 3.54. The van der Waals surface area contributed by atoms with Crippen LogP contribution < -0.4 is 10.6 Å². The van der Waals surface area contributed by atoms with E-state index in [1.54, 1.807) is 11.3 Å². The Hall–Kier alpha value is -1.26. The van der Waals surface area contributed by atoms with Crippen LogP contribution in [0.3, 0.4) is 0 Å². The highest BCUT2D eigenvalue weighted by molar-refractivity contribution is 7.16. The highest BCUT2D eigenvalue weighted by Crippen LogP contribution is 2.26. The van der Waals surface area contributed by atoms with Gasteiger partial charge in [0.15, 0.2) is 5.82 Å². The van der Waals surface area contributed by atoms with E-state index >= 15 is 0 Å². The van der Waals surface area contributed by atoms with Gasteiger partial charge in [-0.05, 0) is 30.7 Å². The molecule has 3 nitrogen and oxygen atoms in total. The molecule has 0 aliphatic rings. The summed E-state index contributed by atoms with van der Waals surface area (Å²) in [5.41, 5.74) is 7.73. The maximum atomic E-state index is 5.95. The van der Waals surface area contributed by atoms with Crippen molar-refractivity contribution in [2.45, 2.75) is 13.5 Å². The number of hydrogen-bond donors (Lipinski definition) is 1. The number of aryl methyl sites for hydroxylation is 1. The highest BCUT2D eigenvalue weighted by Gasteiger charge is 2.09. The van der Waals surface area contributed by atoms with E-state index in [1.165, 1.54) is 4.88 Å². The van der Waals surface area contributed by atoms with Crippen molar-refractivity contribution in [1.29, 1.82) is 0 Å². The summed E-state index contributed by atoms with van der Waals surface area (Å²) in [6.07, 6.45) is 1.82. The van der Waals surface area contributed by atoms with Crippen molar-refractivity contribution >= 4 is 34.4 Å². The van der Waals surface area contributed by atoms with E-state index < -0.39 is 0 Å². The van der Waals surface area contributed by atoms with Gasteiger partial charge in [0.2, 0.25) is 0 Å². The molecule has 5 heteroatoms. The monoisotopic (exact) mass is 267 g/mol. The van der Waals surface area contributed by atoms with Crippen molar-refractivity contribution in [3.63, 3.8) is 0 Å². The van der Waals surface area contributed by atoms with E-state index in [2.05, 4.69) is 4.98 Å². The Morgan fingerprint density at radius 3 is 2.82 bits per heavy atom. The number of nitrogen functional groups attached to an aromatic ring is 1. The number of nitrogens with zero attached hydrogens (tertiary/aromatic N) is 2. The average Bonchev–Trinajstić information content (AvgIpc) is 2.63. The molecule has 0 fully saturated rings. The summed E-state index contributed by atoms with van der Waals surface area (Å²) in [5, 5.41) is 0. The van der Waals surface area contributed by atoms with Crippen LogP contribution in [0.1, 0.15) is 10.4 Å². The Morgan fingerprint density at radius 1 is 1.47 bits per heavy atom. The molecule has 2 aromatic rings. The Morgan fingerprint density at radius 2 is 2.24 bits per heavy atom. The van der Waals surface area contributed by atoms with Crippen molar-refractivity contribution in [3.05, 3.63) is 39.2 Å². The lowest BCUT2D eigenvalue weighted by Crippen LogP contribution is -2.18. The molecular formula is C12H14ClN3S. The first kappa shape index (κ1) is 12.2. The molecule has 0 bridgehead atoms. The van der Waals surface area contributed by atoms with Crippen molar-refractivity contribution in [1.82, 2.24) is 4.98 Å². The molecule has 0 amide bonds. The van der Waals surface area contributed by atoms with Gasteiger partial charge in [0.25, 0.3) is 0 Å². The molecule has 0 spiro atoms. The largest absolute Gasteiger partial charge is 0.396 e. The first-order valence-electron chi connectivity index (χ1n) is 5.24. The second-order valence-corrected chi connectivity index (χ2v) is 5.79. The minimum absolute atomic E-state index is 0.704. The summed E-state index contributed by atoms with van der Waals surface area (Å²) in [4.78, 5) is 7.57. The van der Waals surface area contributed by atoms with Gasteiger partial charge in [-0.25, -0.2) is 4.98 Å². The van der Waals surface area contributed by atoms with Gasteiger partial charge in [-0.15, -0.1) is 11.3 Å². The fourth-order valence-corrected chi connectivity index (χ4v) is 2.79. The quantitative estimate of drug-likeness (QED) is 0.928. The van der Waals surface area contributed by atoms with Crippen LogP contribution in [0.25, 0.3) is 0 Å². The average molecular weight is 268 g/mol. The summed E-state index contributed by atoms with van der Waals surface area (Å²) >= 11 is 7.48. The number of thiophene rings is 1. The molecule has 2 aromatic heterocycles. The molecule has 0 saturated heterocycles. The van der Waals surface area contributed by atoms with Crippen molar-refractivity contribution in [2.24, 2.45) is 0 Å². The van der Waals surface area contributed by atoms with E-state index in [0.717, 1.165) is 22.3 Å². The molecule has 0 radical (unpaired) electrons. The van der Waals surface area contributed by atoms with Crippen molar-refractivity contribution in [2.75, 3.05) is 17.7 Å². The lowest BCUT2D eigenvalue weighted by molar-refractivity contribution is 0.913. The molecule has 0 aliphatic heterocycles. The molecular weight excluding hydrogens is 254 g/mol. The third-order valence-electron chi connectivity index (χ3n) is 2.42. The molecule has 0 aromatic carbocycles. The minimum Gasteiger partial charge on any atom is -0.396 e. The lowest BCUT2D eigenvalue weighted by atomic mass is 10.2. The lowest BCUT2D eigenvalue weighted by Gasteiger charge is -2.19. The van der Waals surface area contributed by atoms with Crippen LogP contribution in [0.2, 0.25) is 4.34 Å². The first-order valence-corrected chi connectivity index (χ1v) is 6.43. The fraction of sp³-hybridized carbons (Fsp3) is 0.250. The molecule has 0 atom stereocenters. The summed E-state index contributed by atoms with van der Waals surface area (Å²) < 4.78 is 0.804. The Balaban J connectivity index is 2.17. The van der Waals surface area contributed by atoms with Crippen molar-refractivity contribution in [3.8, 4) is 0 Å². The summed E-state index contributed by atoms with van der Waals surface area (Å²) in [6, 6.07) is 5.86. The van der Waals surface area contributed by atoms with Crippen LogP contribution in [0, 0.1) is 6.92 Å². The highest BCUT2D eigenvalue weighted by atomic mass is 35.5. The van der Waals surface area contributed by atoms with Crippen LogP contribution in [-0.2, 0) is 6.54 Å². The Bertz CT molecular complexity index is 524. The summed E-state index contributed by atoms with van der Waals surface area (Å²) in [5.74, 6) is 0.806. The molecule has 2 N–H and O–H groups in total. The maximum Gasteiger partial charge on any atom is 0.151 e. The third kappa shape index (κ3) is 2.90. The van der Waals surface area contributed by atoms with E-state index in [9.17, 15) is 0 Å². The fourth-order valence-electron chi connectivity index (χ4n) is 1.65. The molecule has 17 heavy (non-hydrogen) atoms. The summed E-state index contributed by atoms with van der Waals surface area (Å²) in [6.45, 7) is 2.74. The van der Waals surface area contributed by atoms with Gasteiger partial charge in [0.1, 0.15) is 0 Å². The number of pyridine rings is 1. The number of halogens is 1. The third-order valence-corrected chi connectivity index (χ3v) is 3.63. The molecule has 90 valence electrons. The van der Waals surface area contributed by atoms with E-state index in [1.807, 2.05) is 43.3 Å². The van der Waals surface area contributed by atoms with Crippen LogP contribution >= 0.6 is 22.9 Å². The zero-order valence-corrected chi connectivity index (χ0v) is 11.3. The zero-order chi connectivity index (χ0) is 12.4. The zero-order valence-electron chi connectivity index (χ0n) is 9.77. The second-order valence-electron chi connectivity index (χ2n) is 3.99. The second kappa shape index (κ2) is 4.94. The van der Waals surface area contributed by atoms with Gasteiger partial charge in [0, 0.05) is 18.1 Å². The van der Waals surface area contributed by atoms with Gasteiger partial charge in [-0.1, -0.05) is 11.6 Å². The standard InChI is InChI=1S/C12H14ClN3S/c1-8-5-10(14)12(15-6-8)16(2)7-9-3-4-11(13)17-9/h3-6H,7,14H2,1-2H3. The van der Waals surface area contributed by atoms with Crippen LogP contribution in [-0.4, -0.2) is 12.0 Å².